The van der Waals surface area contributed by atoms with Crippen molar-refractivity contribution in [3.8, 4) is 0 Å². The molecule has 0 saturated heterocycles. The smallest absolute Gasteiger partial charge is 0.00235 e. The van der Waals surface area contributed by atoms with Crippen LogP contribution < -0.4 is 5.32 Å². The van der Waals surface area contributed by atoms with E-state index in [9.17, 15) is 0 Å². The Hall–Kier alpha value is -0.0400. The van der Waals surface area contributed by atoms with Crippen LogP contribution in [-0.4, -0.2) is 13.6 Å². The fraction of sp³-hybridized carbons (Fsp3) is 1.00. The summed E-state index contributed by atoms with van der Waals surface area (Å²) < 4.78 is 0. The largest absolute Gasteiger partial charge is 0.319 e. The molecule has 0 amide bonds. The third-order valence-corrected chi connectivity index (χ3v) is 3.65. The van der Waals surface area contributed by atoms with Crippen LogP contribution in [0.15, 0.2) is 0 Å². The first-order valence-corrected chi connectivity index (χ1v) is 7.42. The second kappa shape index (κ2) is 11.4. The minimum Gasteiger partial charge on any atom is -0.319 e. The number of hydrogen-bond donors (Lipinski definition) is 1. The van der Waals surface area contributed by atoms with Gasteiger partial charge in [0, 0.05) is 0 Å². The zero-order chi connectivity index (χ0) is 12.2. The van der Waals surface area contributed by atoms with Gasteiger partial charge >= 0.3 is 0 Å². The molecule has 0 saturated carbocycles. The van der Waals surface area contributed by atoms with Gasteiger partial charge in [0.05, 0.1) is 0 Å². The zero-order valence-electron chi connectivity index (χ0n) is 12.0. The Morgan fingerprint density at radius 2 is 1.62 bits per heavy atom. The maximum absolute atomic E-state index is 3.33. The lowest BCUT2D eigenvalue weighted by molar-refractivity contribution is 0.313. The summed E-state index contributed by atoms with van der Waals surface area (Å²) in [5.41, 5.74) is 0. The van der Waals surface area contributed by atoms with E-state index in [1.807, 2.05) is 0 Å². The molecule has 2 atom stereocenters. The molecule has 0 fully saturated rings. The zero-order valence-corrected chi connectivity index (χ0v) is 12.0. The molecule has 0 aliphatic heterocycles. The predicted molar refractivity (Wildman–Crippen MR) is 74.9 cm³/mol. The van der Waals surface area contributed by atoms with Gasteiger partial charge < -0.3 is 5.32 Å². The molecule has 16 heavy (non-hydrogen) atoms. The third kappa shape index (κ3) is 8.15. The van der Waals surface area contributed by atoms with E-state index in [0.29, 0.717) is 0 Å². The average Bonchev–Trinajstić information content (AvgIpc) is 2.29. The van der Waals surface area contributed by atoms with Gasteiger partial charge in [-0.1, -0.05) is 65.7 Å². The van der Waals surface area contributed by atoms with Crippen LogP contribution in [-0.2, 0) is 0 Å². The highest BCUT2D eigenvalue weighted by atomic mass is 14.8. The van der Waals surface area contributed by atoms with Crippen LogP contribution in [0.5, 0.6) is 0 Å². The predicted octanol–water partition coefficient (Wildman–Crippen LogP) is 4.62. The Kier molecular flexibility index (Phi) is 11.4. The third-order valence-electron chi connectivity index (χ3n) is 3.65. The van der Waals surface area contributed by atoms with E-state index in [0.717, 1.165) is 11.8 Å². The summed E-state index contributed by atoms with van der Waals surface area (Å²) in [7, 11) is 2.08. The lowest BCUT2D eigenvalue weighted by Gasteiger charge is -2.22. The van der Waals surface area contributed by atoms with Crippen molar-refractivity contribution in [3.63, 3.8) is 0 Å². The van der Waals surface area contributed by atoms with Gasteiger partial charge in [-0.25, -0.2) is 0 Å². The van der Waals surface area contributed by atoms with Gasteiger partial charge in [0.25, 0.3) is 0 Å². The van der Waals surface area contributed by atoms with Crippen molar-refractivity contribution in [3.05, 3.63) is 0 Å². The van der Waals surface area contributed by atoms with Crippen molar-refractivity contribution in [2.45, 2.75) is 72.1 Å². The summed E-state index contributed by atoms with van der Waals surface area (Å²) in [4.78, 5) is 0. The molecule has 0 aromatic heterocycles. The van der Waals surface area contributed by atoms with Crippen LogP contribution in [0.3, 0.4) is 0 Å². The van der Waals surface area contributed by atoms with Crippen molar-refractivity contribution >= 4 is 0 Å². The molecule has 98 valence electrons. The molecule has 0 bridgehead atoms. The molecule has 0 aliphatic carbocycles. The molecular formula is C15H33N. The van der Waals surface area contributed by atoms with Crippen LogP contribution in [0.2, 0.25) is 0 Å². The van der Waals surface area contributed by atoms with Gasteiger partial charge in [-0.05, 0) is 31.8 Å². The maximum atomic E-state index is 3.33. The fourth-order valence-electron chi connectivity index (χ4n) is 2.63. The molecule has 0 spiro atoms. The van der Waals surface area contributed by atoms with Crippen LogP contribution in [0.1, 0.15) is 72.1 Å². The molecule has 0 aliphatic rings. The SMILES string of the molecule is CCCCCC(CCC)CC(CC)CNC. The molecule has 0 heterocycles. The monoisotopic (exact) mass is 227 g/mol. The Balaban J connectivity index is 3.87. The standard InChI is InChI=1S/C15H33N/c1-5-8-9-11-15(10-6-2)12-14(7-3)13-16-4/h14-16H,5-13H2,1-4H3. The Bertz CT molecular complexity index is 133. The maximum Gasteiger partial charge on any atom is -0.00235 e. The molecule has 1 N–H and O–H groups in total. The van der Waals surface area contributed by atoms with E-state index < -0.39 is 0 Å². The molecule has 2 unspecified atom stereocenters. The van der Waals surface area contributed by atoms with Crippen molar-refractivity contribution in [2.24, 2.45) is 11.8 Å². The van der Waals surface area contributed by atoms with Gasteiger partial charge in [-0.2, -0.15) is 0 Å². The van der Waals surface area contributed by atoms with E-state index >= 15 is 0 Å². The van der Waals surface area contributed by atoms with Crippen LogP contribution in [0, 0.1) is 11.8 Å². The quantitative estimate of drug-likeness (QED) is 0.508. The van der Waals surface area contributed by atoms with Crippen LogP contribution >= 0.6 is 0 Å². The molecule has 0 aromatic rings. The highest BCUT2D eigenvalue weighted by molar-refractivity contribution is 4.67. The molecule has 1 heteroatoms. The molecular weight excluding hydrogens is 194 g/mol. The number of hydrogen-bond acceptors (Lipinski definition) is 1. The first kappa shape index (κ1) is 16.0. The average molecular weight is 227 g/mol. The summed E-state index contributed by atoms with van der Waals surface area (Å²) in [6.45, 7) is 8.15. The number of nitrogens with one attached hydrogen (secondary N) is 1. The van der Waals surface area contributed by atoms with E-state index in [-0.39, 0.29) is 0 Å². The minimum atomic E-state index is 0.892. The number of unbranched alkanes of at least 4 members (excludes halogenated alkanes) is 2. The van der Waals surface area contributed by atoms with Crippen LogP contribution in [0.4, 0.5) is 0 Å². The van der Waals surface area contributed by atoms with Crippen molar-refractivity contribution in [1.29, 1.82) is 0 Å². The van der Waals surface area contributed by atoms with E-state index in [2.05, 4.69) is 33.1 Å². The molecule has 0 radical (unpaired) electrons. The minimum absolute atomic E-state index is 0.892. The summed E-state index contributed by atoms with van der Waals surface area (Å²) in [5, 5.41) is 3.33. The Labute approximate surface area is 103 Å². The van der Waals surface area contributed by atoms with E-state index in [1.165, 1.54) is 57.9 Å². The highest BCUT2D eigenvalue weighted by Gasteiger charge is 2.13. The normalized spacial score (nSPS) is 15.0. The van der Waals surface area contributed by atoms with Crippen molar-refractivity contribution in [1.82, 2.24) is 5.32 Å². The second-order valence-electron chi connectivity index (χ2n) is 5.22. The van der Waals surface area contributed by atoms with Crippen molar-refractivity contribution < 1.29 is 0 Å². The highest BCUT2D eigenvalue weighted by Crippen LogP contribution is 2.24. The summed E-state index contributed by atoms with van der Waals surface area (Å²) in [6, 6.07) is 0. The molecule has 0 aromatic carbocycles. The van der Waals surface area contributed by atoms with Gasteiger partial charge in [-0.3, -0.25) is 0 Å². The van der Waals surface area contributed by atoms with Crippen LogP contribution in [0.25, 0.3) is 0 Å². The van der Waals surface area contributed by atoms with Gasteiger partial charge in [0.15, 0.2) is 0 Å². The summed E-state index contributed by atoms with van der Waals surface area (Å²) in [6.07, 6.45) is 11.2. The first-order valence-electron chi connectivity index (χ1n) is 7.42. The Morgan fingerprint density at radius 3 is 2.12 bits per heavy atom. The van der Waals surface area contributed by atoms with E-state index in [4.69, 9.17) is 0 Å². The fourth-order valence-corrected chi connectivity index (χ4v) is 2.63. The lowest BCUT2D eigenvalue weighted by Crippen LogP contribution is -2.21. The van der Waals surface area contributed by atoms with Crippen molar-refractivity contribution in [2.75, 3.05) is 13.6 Å². The molecule has 1 nitrogen and oxygen atoms in total. The van der Waals surface area contributed by atoms with Gasteiger partial charge in [-0.15, -0.1) is 0 Å². The Morgan fingerprint density at radius 1 is 0.875 bits per heavy atom. The first-order chi connectivity index (χ1) is 7.78. The second-order valence-corrected chi connectivity index (χ2v) is 5.22. The summed E-state index contributed by atoms with van der Waals surface area (Å²) in [5.74, 6) is 1.87. The summed E-state index contributed by atoms with van der Waals surface area (Å²) >= 11 is 0. The van der Waals surface area contributed by atoms with Gasteiger partial charge in [0.2, 0.25) is 0 Å². The van der Waals surface area contributed by atoms with E-state index in [1.54, 1.807) is 0 Å². The lowest BCUT2D eigenvalue weighted by atomic mass is 9.86. The molecule has 0 rings (SSSR count). The number of rotatable bonds is 11. The van der Waals surface area contributed by atoms with Gasteiger partial charge in [0.1, 0.15) is 0 Å². The topological polar surface area (TPSA) is 12.0 Å².